The molecule has 6 heteroatoms. The van der Waals surface area contributed by atoms with Gasteiger partial charge in [-0.1, -0.05) is 25.5 Å². The first-order chi connectivity index (χ1) is 9.42. The van der Waals surface area contributed by atoms with E-state index in [0.29, 0.717) is 11.5 Å². The highest BCUT2D eigenvalue weighted by Crippen LogP contribution is 2.34. The van der Waals surface area contributed by atoms with E-state index in [1.54, 1.807) is 12.1 Å². The molecule has 0 bridgehead atoms. The number of hydrogen-bond acceptors (Lipinski definition) is 3. The lowest BCUT2D eigenvalue weighted by molar-refractivity contribution is -0.131. The van der Waals surface area contributed by atoms with Gasteiger partial charge in [-0.25, -0.2) is 17.9 Å². The highest BCUT2D eigenvalue weighted by atomic mass is 32.2. The van der Waals surface area contributed by atoms with Crippen molar-refractivity contribution in [2.75, 3.05) is 0 Å². The van der Waals surface area contributed by atoms with Gasteiger partial charge < -0.3 is 5.11 Å². The Balaban J connectivity index is 2.15. The van der Waals surface area contributed by atoms with E-state index in [9.17, 15) is 13.2 Å². The fourth-order valence-electron chi connectivity index (χ4n) is 2.06. The molecule has 108 valence electrons. The first-order valence-corrected chi connectivity index (χ1v) is 7.94. The zero-order valence-electron chi connectivity index (χ0n) is 11.1. The monoisotopic (exact) mass is 295 g/mol. The van der Waals surface area contributed by atoms with Gasteiger partial charge >= 0.3 is 5.97 Å². The summed E-state index contributed by atoms with van der Waals surface area (Å²) in [5.41, 5.74) is 0.540. The number of nitrogens with one attached hydrogen (secondary N) is 1. The van der Waals surface area contributed by atoms with Gasteiger partial charge in [0.05, 0.1) is 4.90 Å². The van der Waals surface area contributed by atoms with E-state index in [-0.39, 0.29) is 10.9 Å². The van der Waals surface area contributed by atoms with Crippen LogP contribution in [0.25, 0.3) is 6.08 Å². The summed E-state index contributed by atoms with van der Waals surface area (Å²) in [6.07, 6.45) is 4.20. The Kier molecular flexibility index (Phi) is 4.25. The number of sulfonamides is 1. The molecule has 1 aliphatic carbocycles. The standard InChI is InChI=1S/C14H17NO4S/c1-2-11-9-13(11)15-20(18,19)12-5-3-4-10(8-12)6-7-14(16)17/h3-8,11,13,15H,2,9H2,1H3,(H,16,17)/b7-6+. The molecule has 1 aliphatic rings. The fraction of sp³-hybridized carbons (Fsp3) is 0.357. The minimum atomic E-state index is -3.53. The molecule has 0 heterocycles. The Hall–Kier alpha value is -1.66. The van der Waals surface area contributed by atoms with Gasteiger partial charge in [0.2, 0.25) is 10.0 Å². The Morgan fingerprint density at radius 2 is 2.25 bits per heavy atom. The van der Waals surface area contributed by atoms with Crippen molar-refractivity contribution in [3.8, 4) is 0 Å². The van der Waals surface area contributed by atoms with Crippen molar-refractivity contribution in [2.24, 2.45) is 5.92 Å². The van der Waals surface area contributed by atoms with Crippen LogP contribution in [0.15, 0.2) is 35.2 Å². The van der Waals surface area contributed by atoms with Gasteiger partial charge in [0.1, 0.15) is 0 Å². The Morgan fingerprint density at radius 1 is 1.50 bits per heavy atom. The third kappa shape index (κ3) is 3.68. The molecule has 1 fully saturated rings. The van der Waals surface area contributed by atoms with Crippen LogP contribution in [-0.2, 0) is 14.8 Å². The third-order valence-electron chi connectivity index (χ3n) is 3.34. The summed E-state index contributed by atoms with van der Waals surface area (Å²) in [5, 5.41) is 8.57. The normalized spacial score (nSPS) is 22.1. The van der Waals surface area contributed by atoms with Crippen LogP contribution in [0.4, 0.5) is 0 Å². The quantitative estimate of drug-likeness (QED) is 0.785. The molecule has 0 aliphatic heterocycles. The lowest BCUT2D eigenvalue weighted by Crippen LogP contribution is -2.27. The smallest absolute Gasteiger partial charge is 0.328 e. The highest BCUT2D eigenvalue weighted by molar-refractivity contribution is 7.89. The minimum Gasteiger partial charge on any atom is -0.478 e. The molecule has 2 N–H and O–H groups in total. The molecule has 20 heavy (non-hydrogen) atoms. The Morgan fingerprint density at radius 3 is 2.85 bits per heavy atom. The first-order valence-electron chi connectivity index (χ1n) is 6.46. The maximum atomic E-state index is 12.2. The highest BCUT2D eigenvalue weighted by Gasteiger charge is 2.38. The molecule has 2 unspecified atom stereocenters. The molecular weight excluding hydrogens is 278 g/mol. The first kappa shape index (κ1) is 14.7. The van der Waals surface area contributed by atoms with Gasteiger partial charge in [-0.05, 0) is 36.1 Å². The van der Waals surface area contributed by atoms with Gasteiger partial charge in [0.15, 0.2) is 0 Å². The molecule has 2 atom stereocenters. The number of hydrogen-bond donors (Lipinski definition) is 2. The molecule has 1 aromatic rings. The van der Waals surface area contributed by atoms with E-state index >= 15 is 0 Å². The van der Waals surface area contributed by atoms with Crippen LogP contribution in [0.1, 0.15) is 25.3 Å². The summed E-state index contributed by atoms with van der Waals surface area (Å²) in [4.78, 5) is 10.6. The van der Waals surface area contributed by atoms with E-state index in [1.165, 1.54) is 18.2 Å². The summed E-state index contributed by atoms with van der Waals surface area (Å²) >= 11 is 0. The predicted octanol–water partition coefficient (Wildman–Crippen LogP) is 1.86. The van der Waals surface area contributed by atoms with E-state index in [0.717, 1.165) is 18.9 Å². The summed E-state index contributed by atoms with van der Waals surface area (Å²) in [5.74, 6) is -0.639. The van der Waals surface area contributed by atoms with Gasteiger partial charge in [-0.2, -0.15) is 0 Å². The fourth-order valence-corrected chi connectivity index (χ4v) is 3.44. The van der Waals surface area contributed by atoms with Gasteiger partial charge in [0, 0.05) is 12.1 Å². The van der Waals surface area contributed by atoms with Crippen molar-refractivity contribution in [1.29, 1.82) is 0 Å². The van der Waals surface area contributed by atoms with Crippen LogP contribution >= 0.6 is 0 Å². The molecule has 0 saturated heterocycles. The van der Waals surface area contributed by atoms with Crippen LogP contribution < -0.4 is 4.72 Å². The van der Waals surface area contributed by atoms with Crippen LogP contribution in [0.2, 0.25) is 0 Å². The Bertz CT molecular complexity index is 636. The molecule has 1 aromatic carbocycles. The second kappa shape index (κ2) is 5.76. The third-order valence-corrected chi connectivity index (χ3v) is 4.83. The molecule has 0 radical (unpaired) electrons. The average molecular weight is 295 g/mol. The SMILES string of the molecule is CCC1CC1NS(=O)(=O)c1cccc(/C=C/C(=O)O)c1. The molecule has 5 nitrogen and oxygen atoms in total. The van der Waals surface area contributed by atoms with E-state index in [4.69, 9.17) is 5.11 Å². The molecular formula is C14H17NO4S. The zero-order valence-corrected chi connectivity index (χ0v) is 11.9. The average Bonchev–Trinajstić information content (AvgIpc) is 3.14. The van der Waals surface area contributed by atoms with Crippen molar-refractivity contribution in [2.45, 2.75) is 30.7 Å². The molecule has 0 spiro atoms. The van der Waals surface area contributed by atoms with E-state index in [1.807, 2.05) is 6.92 Å². The summed E-state index contributed by atoms with van der Waals surface area (Å²) < 4.78 is 27.0. The largest absolute Gasteiger partial charge is 0.478 e. The topological polar surface area (TPSA) is 83.5 Å². The summed E-state index contributed by atoms with van der Waals surface area (Å²) in [7, 11) is -3.53. The molecule has 0 amide bonds. The summed E-state index contributed by atoms with van der Waals surface area (Å²) in [6.45, 7) is 2.04. The second-order valence-corrected chi connectivity index (χ2v) is 6.59. The van der Waals surface area contributed by atoms with Crippen LogP contribution in [0.5, 0.6) is 0 Å². The van der Waals surface area contributed by atoms with Crippen molar-refractivity contribution >= 4 is 22.1 Å². The van der Waals surface area contributed by atoms with Crippen LogP contribution in [0.3, 0.4) is 0 Å². The number of aliphatic carboxylic acids is 1. The van der Waals surface area contributed by atoms with E-state index < -0.39 is 16.0 Å². The van der Waals surface area contributed by atoms with Crippen LogP contribution in [-0.4, -0.2) is 25.5 Å². The van der Waals surface area contributed by atoms with Gasteiger partial charge in [-0.15, -0.1) is 0 Å². The van der Waals surface area contributed by atoms with E-state index in [2.05, 4.69) is 4.72 Å². The number of carboxylic acids is 1. The summed E-state index contributed by atoms with van der Waals surface area (Å²) in [6, 6.07) is 6.25. The van der Waals surface area contributed by atoms with Crippen LogP contribution in [0, 0.1) is 5.92 Å². The lowest BCUT2D eigenvalue weighted by atomic mass is 10.2. The van der Waals surface area contributed by atoms with Crippen molar-refractivity contribution in [1.82, 2.24) is 4.72 Å². The van der Waals surface area contributed by atoms with Crippen molar-refractivity contribution in [3.63, 3.8) is 0 Å². The number of carboxylic acid groups (broad SMARTS) is 1. The van der Waals surface area contributed by atoms with Gasteiger partial charge in [0.25, 0.3) is 0 Å². The minimum absolute atomic E-state index is 0.0308. The van der Waals surface area contributed by atoms with Gasteiger partial charge in [-0.3, -0.25) is 0 Å². The second-order valence-electron chi connectivity index (χ2n) is 4.88. The number of benzene rings is 1. The van der Waals surface area contributed by atoms with Crippen molar-refractivity contribution in [3.05, 3.63) is 35.9 Å². The number of rotatable bonds is 6. The molecule has 1 saturated carbocycles. The molecule has 0 aromatic heterocycles. The number of carbonyl (C=O) groups is 1. The molecule has 2 rings (SSSR count). The van der Waals surface area contributed by atoms with Crippen molar-refractivity contribution < 1.29 is 18.3 Å². The predicted molar refractivity (Wildman–Crippen MR) is 75.6 cm³/mol. The maximum Gasteiger partial charge on any atom is 0.328 e. The lowest BCUT2D eigenvalue weighted by Gasteiger charge is -2.06. The maximum absolute atomic E-state index is 12.2. The Labute approximate surface area is 118 Å². The zero-order chi connectivity index (χ0) is 14.8.